The van der Waals surface area contributed by atoms with Crippen LogP contribution in [0.15, 0.2) is 53.4 Å². The van der Waals surface area contributed by atoms with E-state index in [9.17, 15) is 13.2 Å². The van der Waals surface area contributed by atoms with Crippen LogP contribution < -0.4 is 10.1 Å². The number of alkyl halides is 3. The van der Waals surface area contributed by atoms with Crippen LogP contribution in [-0.4, -0.2) is 12.0 Å². The Morgan fingerprint density at radius 1 is 1.10 bits per heavy atom. The zero-order valence-electron chi connectivity index (χ0n) is 10.9. The van der Waals surface area contributed by atoms with Gasteiger partial charge in [-0.3, -0.25) is 0 Å². The van der Waals surface area contributed by atoms with E-state index < -0.39 is 11.7 Å². The van der Waals surface area contributed by atoms with Gasteiger partial charge < -0.3 is 10.1 Å². The molecular weight excluding hydrogens is 299 g/mol. The Kier molecular flexibility index (Phi) is 3.71. The molecule has 0 aliphatic carbocycles. The Balaban J connectivity index is 1.74. The van der Waals surface area contributed by atoms with Crippen LogP contribution in [0.1, 0.15) is 5.56 Å². The number of ether oxygens (including phenoxy) is 1. The molecule has 1 atom stereocenters. The third-order valence-corrected chi connectivity index (χ3v) is 4.11. The van der Waals surface area contributed by atoms with Gasteiger partial charge in [-0.05, 0) is 30.3 Å². The second-order valence-corrected chi connectivity index (χ2v) is 5.80. The topological polar surface area (TPSA) is 21.3 Å². The minimum atomic E-state index is -4.34. The van der Waals surface area contributed by atoms with Crippen molar-refractivity contribution < 1.29 is 17.9 Å². The fraction of sp³-hybridized carbons (Fsp3) is 0.200. The first kappa shape index (κ1) is 14.1. The average molecular weight is 311 g/mol. The molecule has 0 saturated carbocycles. The fourth-order valence-electron chi connectivity index (χ4n) is 2.04. The van der Waals surface area contributed by atoms with E-state index in [4.69, 9.17) is 4.74 Å². The van der Waals surface area contributed by atoms with E-state index in [0.29, 0.717) is 18.0 Å². The van der Waals surface area contributed by atoms with Crippen molar-refractivity contribution in [3.05, 3.63) is 54.1 Å². The van der Waals surface area contributed by atoms with Crippen molar-refractivity contribution in [2.75, 3.05) is 11.9 Å². The summed E-state index contributed by atoms with van der Waals surface area (Å²) in [5.41, 5.74) is -0.460. The van der Waals surface area contributed by atoms with E-state index in [1.807, 2.05) is 30.3 Å². The summed E-state index contributed by atoms with van der Waals surface area (Å²) in [7, 11) is 0. The second-order valence-electron chi connectivity index (χ2n) is 4.57. The van der Waals surface area contributed by atoms with Gasteiger partial charge in [0.15, 0.2) is 5.44 Å². The number of anilines is 1. The normalized spacial score (nSPS) is 17.6. The first-order valence-electron chi connectivity index (χ1n) is 6.36. The SMILES string of the molecule is FC(F)(F)c1ccc2c(c1)NCC(Sc1ccccc1)O2. The molecule has 2 nitrogen and oxygen atoms in total. The number of hydrogen-bond acceptors (Lipinski definition) is 3. The summed E-state index contributed by atoms with van der Waals surface area (Å²) < 4.78 is 43.7. The molecule has 6 heteroatoms. The first-order valence-corrected chi connectivity index (χ1v) is 7.24. The van der Waals surface area contributed by atoms with E-state index in [1.54, 1.807) is 0 Å². The zero-order valence-corrected chi connectivity index (χ0v) is 11.7. The standard InChI is InChI=1S/C15H12F3NOS/c16-15(17,18)10-6-7-13-12(8-10)19-9-14(20-13)21-11-4-2-1-3-5-11/h1-8,14,19H,9H2. The molecule has 0 spiro atoms. The summed E-state index contributed by atoms with van der Waals surface area (Å²) in [6, 6.07) is 13.2. The van der Waals surface area contributed by atoms with Crippen molar-refractivity contribution in [3.8, 4) is 5.75 Å². The Morgan fingerprint density at radius 3 is 2.57 bits per heavy atom. The number of rotatable bonds is 2. The number of thioether (sulfide) groups is 1. The molecule has 1 heterocycles. The van der Waals surface area contributed by atoms with Crippen molar-refractivity contribution in [3.63, 3.8) is 0 Å². The van der Waals surface area contributed by atoms with Crippen LogP contribution in [0, 0.1) is 0 Å². The molecule has 0 radical (unpaired) electrons. The third-order valence-electron chi connectivity index (χ3n) is 3.04. The number of benzene rings is 2. The van der Waals surface area contributed by atoms with Gasteiger partial charge in [-0.2, -0.15) is 13.2 Å². The van der Waals surface area contributed by atoms with Gasteiger partial charge in [0.2, 0.25) is 0 Å². The predicted molar refractivity (Wildman–Crippen MR) is 76.6 cm³/mol. The van der Waals surface area contributed by atoms with Crippen LogP contribution in [0.5, 0.6) is 5.75 Å². The molecule has 1 aliphatic rings. The number of fused-ring (bicyclic) bond motifs is 1. The lowest BCUT2D eigenvalue weighted by atomic mass is 10.1. The molecule has 3 rings (SSSR count). The lowest BCUT2D eigenvalue weighted by Gasteiger charge is -2.27. The third kappa shape index (κ3) is 3.26. The van der Waals surface area contributed by atoms with Gasteiger partial charge in [-0.15, -0.1) is 0 Å². The molecular formula is C15H12F3NOS. The van der Waals surface area contributed by atoms with Crippen LogP contribution in [0.3, 0.4) is 0 Å². The quantitative estimate of drug-likeness (QED) is 0.874. The Labute approximate surface area is 124 Å². The first-order chi connectivity index (χ1) is 10.0. The van der Waals surface area contributed by atoms with E-state index in [2.05, 4.69) is 5.32 Å². The molecule has 1 unspecified atom stereocenters. The summed E-state index contributed by atoms with van der Waals surface area (Å²) >= 11 is 1.53. The summed E-state index contributed by atoms with van der Waals surface area (Å²) in [5.74, 6) is 0.447. The van der Waals surface area contributed by atoms with E-state index in [0.717, 1.165) is 17.0 Å². The maximum absolute atomic E-state index is 12.6. The second kappa shape index (κ2) is 5.52. The molecule has 0 bridgehead atoms. The maximum atomic E-state index is 12.6. The van der Waals surface area contributed by atoms with Crippen molar-refractivity contribution in [1.29, 1.82) is 0 Å². The van der Waals surface area contributed by atoms with Gasteiger partial charge in [-0.1, -0.05) is 30.0 Å². The predicted octanol–water partition coefficient (Wildman–Crippen LogP) is 4.63. The smallest absolute Gasteiger partial charge is 0.416 e. The molecule has 0 aromatic heterocycles. The molecule has 21 heavy (non-hydrogen) atoms. The van der Waals surface area contributed by atoms with Crippen LogP contribution in [0.2, 0.25) is 0 Å². The van der Waals surface area contributed by atoms with Crippen LogP contribution in [0.4, 0.5) is 18.9 Å². The van der Waals surface area contributed by atoms with Crippen molar-refractivity contribution in [1.82, 2.24) is 0 Å². The van der Waals surface area contributed by atoms with Gasteiger partial charge in [0.1, 0.15) is 5.75 Å². The highest BCUT2D eigenvalue weighted by molar-refractivity contribution is 7.99. The molecule has 1 N–H and O–H groups in total. The van der Waals surface area contributed by atoms with Crippen LogP contribution in [0.25, 0.3) is 0 Å². The van der Waals surface area contributed by atoms with Crippen molar-refractivity contribution in [2.45, 2.75) is 16.5 Å². The number of hydrogen-bond donors (Lipinski definition) is 1. The van der Waals surface area contributed by atoms with Crippen molar-refractivity contribution in [2.24, 2.45) is 0 Å². The highest BCUT2D eigenvalue weighted by Gasteiger charge is 2.32. The molecule has 2 aromatic rings. The molecule has 0 fully saturated rings. The van der Waals surface area contributed by atoms with E-state index in [-0.39, 0.29) is 5.44 Å². The largest absolute Gasteiger partial charge is 0.475 e. The molecule has 110 valence electrons. The monoisotopic (exact) mass is 311 g/mol. The molecule has 1 aliphatic heterocycles. The van der Waals surface area contributed by atoms with Gasteiger partial charge in [0, 0.05) is 4.90 Å². The van der Waals surface area contributed by atoms with Gasteiger partial charge in [0.25, 0.3) is 0 Å². The minimum absolute atomic E-state index is 0.170. The van der Waals surface area contributed by atoms with Crippen LogP contribution in [-0.2, 0) is 6.18 Å². The van der Waals surface area contributed by atoms with E-state index in [1.165, 1.54) is 17.8 Å². The zero-order chi connectivity index (χ0) is 14.9. The Bertz CT molecular complexity index is 631. The minimum Gasteiger partial charge on any atom is -0.475 e. The lowest BCUT2D eigenvalue weighted by Crippen LogP contribution is -2.28. The Morgan fingerprint density at radius 2 is 1.86 bits per heavy atom. The summed E-state index contributed by atoms with van der Waals surface area (Å²) in [6.45, 7) is 0.452. The van der Waals surface area contributed by atoms with Gasteiger partial charge >= 0.3 is 6.18 Å². The average Bonchev–Trinajstić information content (AvgIpc) is 2.47. The summed E-state index contributed by atoms with van der Waals surface area (Å²) in [4.78, 5) is 1.06. The fourth-order valence-corrected chi connectivity index (χ4v) is 2.98. The highest BCUT2D eigenvalue weighted by Crippen LogP contribution is 2.38. The molecule has 0 saturated heterocycles. The highest BCUT2D eigenvalue weighted by atomic mass is 32.2. The lowest BCUT2D eigenvalue weighted by molar-refractivity contribution is -0.137. The van der Waals surface area contributed by atoms with Crippen LogP contribution >= 0.6 is 11.8 Å². The van der Waals surface area contributed by atoms with E-state index >= 15 is 0 Å². The number of nitrogens with one attached hydrogen (secondary N) is 1. The number of halogens is 3. The van der Waals surface area contributed by atoms with Gasteiger partial charge in [-0.25, -0.2) is 0 Å². The summed E-state index contributed by atoms with van der Waals surface area (Å²) in [6.07, 6.45) is -4.34. The molecule has 2 aromatic carbocycles. The Hall–Kier alpha value is -1.82. The molecule has 0 amide bonds. The van der Waals surface area contributed by atoms with Gasteiger partial charge in [0.05, 0.1) is 17.8 Å². The maximum Gasteiger partial charge on any atom is 0.416 e. The van der Waals surface area contributed by atoms with Crippen molar-refractivity contribution >= 4 is 17.4 Å². The summed E-state index contributed by atoms with van der Waals surface area (Å²) in [5, 5.41) is 3.00.